The third-order valence-corrected chi connectivity index (χ3v) is 8.54. The van der Waals surface area contributed by atoms with Gasteiger partial charge in [-0.15, -0.1) is 0 Å². The van der Waals surface area contributed by atoms with E-state index in [4.69, 9.17) is 9.47 Å². The van der Waals surface area contributed by atoms with Gasteiger partial charge < -0.3 is 40.5 Å². The highest BCUT2D eigenvalue weighted by Crippen LogP contribution is 2.38. The van der Waals surface area contributed by atoms with Gasteiger partial charge in [0.25, 0.3) is 0 Å². The van der Waals surface area contributed by atoms with Crippen LogP contribution >= 0.6 is 0 Å². The number of carbonyl (C=O) groups is 4. The molecule has 1 saturated heterocycles. The van der Waals surface area contributed by atoms with Gasteiger partial charge in [0.05, 0.1) is 6.61 Å². The van der Waals surface area contributed by atoms with Crippen LogP contribution in [0.1, 0.15) is 68.0 Å². The first kappa shape index (κ1) is 38.8. The molecular formula is C36H44N4O11. The minimum Gasteiger partial charge on any atom is -0.480 e. The van der Waals surface area contributed by atoms with E-state index in [0.29, 0.717) is 5.56 Å². The molecule has 6 N–H and O–H groups in total. The normalized spacial score (nSPS) is 19.3. The molecule has 2 heterocycles. The quantitative estimate of drug-likeness (QED) is 0.0979. The number of carboxylic acid groups (broad SMARTS) is 1. The van der Waals surface area contributed by atoms with Crippen LogP contribution in [0.25, 0.3) is 0 Å². The molecule has 1 aromatic heterocycles. The molecule has 274 valence electrons. The standard InChI is InChI=1S/C36H44N4O11/c1-20-15-21(2)30(24(16-20)50-29(44)12-8-11-27(42)37-23(34(47)48)17-22-9-6-5-7-10-22)36(3,4)18-28(43)38-26-13-14-40(35(49)39-26)33-32(46)31(45)25(19-41)51-33/h5-7,9-10,13-16,23,25,31-33,41,45-46H,8,11-12,17-19H2,1-4H3,(H,37,42)(H,47,48)(H,38,39,43,49)/t23?,25-,31-,32+,33?/m1/s1. The summed E-state index contributed by atoms with van der Waals surface area (Å²) in [7, 11) is 0. The minimum absolute atomic E-state index is 0.0603. The van der Waals surface area contributed by atoms with Crippen LogP contribution in [0.5, 0.6) is 5.75 Å². The Kier molecular flexibility index (Phi) is 12.8. The van der Waals surface area contributed by atoms with Crippen molar-refractivity contribution in [1.82, 2.24) is 14.9 Å². The number of hydrogen-bond donors (Lipinski definition) is 6. The molecule has 51 heavy (non-hydrogen) atoms. The smallest absolute Gasteiger partial charge is 0.351 e. The monoisotopic (exact) mass is 708 g/mol. The Morgan fingerprint density at radius 3 is 2.35 bits per heavy atom. The van der Waals surface area contributed by atoms with E-state index in [1.165, 1.54) is 12.3 Å². The zero-order valence-corrected chi connectivity index (χ0v) is 28.9. The van der Waals surface area contributed by atoms with Crippen molar-refractivity contribution in [3.05, 3.63) is 87.5 Å². The summed E-state index contributed by atoms with van der Waals surface area (Å²) in [6.07, 6.45) is -4.06. The largest absolute Gasteiger partial charge is 0.480 e. The van der Waals surface area contributed by atoms with Crippen molar-refractivity contribution in [2.45, 2.75) is 95.8 Å². The van der Waals surface area contributed by atoms with E-state index in [2.05, 4.69) is 15.6 Å². The number of carboxylic acids is 1. The molecule has 1 aliphatic rings. The highest BCUT2D eigenvalue weighted by atomic mass is 16.6. The maximum atomic E-state index is 13.2. The minimum atomic E-state index is -1.48. The van der Waals surface area contributed by atoms with Gasteiger partial charge in [-0.2, -0.15) is 4.98 Å². The predicted octanol–water partition coefficient (Wildman–Crippen LogP) is 1.67. The molecule has 2 aromatic carbocycles. The molecule has 0 aliphatic carbocycles. The number of aliphatic carboxylic acids is 1. The molecule has 4 rings (SSSR count). The zero-order valence-electron chi connectivity index (χ0n) is 28.9. The van der Waals surface area contributed by atoms with E-state index < -0.39 is 72.0 Å². The van der Waals surface area contributed by atoms with Crippen LogP contribution in [0.3, 0.4) is 0 Å². The van der Waals surface area contributed by atoms with Gasteiger partial charge in [-0.3, -0.25) is 19.0 Å². The molecule has 5 atom stereocenters. The van der Waals surface area contributed by atoms with Gasteiger partial charge in [-0.1, -0.05) is 50.2 Å². The molecule has 0 bridgehead atoms. The van der Waals surface area contributed by atoms with Crippen LogP contribution in [0.2, 0.25) is 0 Å². The number of nitrogens with one attached hydrogen (secondary N) is 2. The summed E-state index contributed by atoms with van der Waals surface area (Å²) in [4.78, 5) is 66.9. The van der Waals surface area contributed by atoms with E-state index >= 15 is 0 Å². The van der Waals surface area contributed by atoms with E-state index in [1.807, 2.05) is 26.0 Å². The number of esters is 1. The van der Waals surface area contributed by atoms with Crippen molar-refractivity contribution in [3.63, 3.8) is 0 Å². The molecule has 0 spiro atoms. The summed E-state index contributed by atoms with van der Waals surface area (Å²) >= 11 is 0. The zero-order chi connectivity index (χ0) is 37.5. The van der Waals surface area contributed by atoms with Crippen molar-refractivity contribution in [1.29, 1.82) is 0 Å². The molecule has 3 aromatic rings. The Labute approximate surface area is 294 Å². The lowest BCUT2D eigenvalue weighted by Crippen LogP contribution is -2.42. The number of anilines is 1. The maximum absolute atomic E-state index is 13.2. The van der Waals surface area contributed by atoms with Crippen molar-refractivity contribution < 1.29 is 49.1 Å². The summed E-state index contributed by atoms with van der Waals surface area (Å²) in [6, 6.07) is 12.7. The van der Waals surface area contributed by atoms with Crippen LogP contribution in [0.15, 0.2) is 59.5 Å². The first-order valence-electron chi connectivity index (χ1n) is 16.5. The van der Waals surface area contributed by atoms with Gasteiger partial charge in [0.2, 0.25) is 11.8 Å². The Bertz CT molecular complexity index is 1790. The van der Waals surface area contributed by atoms with E-state index in [-0.39, 0.29) is 43.7 Å². The van der Waals surface area contributed by atoms with Gasteiger partial charge in [0, 0.05) is 42.9 Å². The van der Waals surface area contributed by atoms with E-state index in [9.17, 15) is 44.4 Å². The topological polar surface area (TPSA) is 227 Å². The Hall–Kier alpha value is -4.96. The summed E-state index contributed by atoms with van der Waals surface area (Å²) < 4.78 is 12.1. The molecule has 1 fully saturated rings. The van der Waals surface area contributed by atoms with Crippen LogP contribution in [-0.2, 0) is 35.8 Å². The average Bonchev–Trinajstić information content (AvgIpc) is 3.32. The second-order valence-corrected chi connectivity index (χ2v) is 13.3. The molecule has 2 unspecified atom stereocenters. The van der Waals surface area contributed by atoms with E-state index in [0.717, 1.165) is 21.3 Å². The maximum Gasteiger partial charge on any atom is 0.351 e. The second kappa shape index (κ2) is 16.8. The van der Waals surface area contributed by atoms with Crippen LogP contribution in [0, 0.1) is 13.8 Å². The number of aliphatic hydroxyl groups is 3. The van der Waals surface area contributed by atoms with Crippen LogP contribution in [0.4, 0.5) is 5.82 Å². The fourth-order valence-corrected chi connectivity index (χ4v) is 6.22. The molecule has 2 amide bonds. The van der Waals surface area contributed by atoms with Gasteiger partial charge in [0.1, 0.15) is 35.9 Å². The third kappa shape index (κ3) is 10.1. The van der Waals surface area contributed by atoms with E-state index in [1.54, 1.807) is 44.2 Å². The highest BCUT2D eigenvalue weighted by molar-refractivity contribution is 5.91. The third-order valence-electron chi connectivity index (χ3n) is 8.54. The Morgan fingerprint density at radius 2 is 1.73 bits per heavy atom. The number of carbonyl (C=O) groups excluding carboxylic acids is 3. The second-order valence-electron chi connectivity index (χ2n) is 13.3. The number of aromatic nitrogens is 2. The molecule has 15 heteroatoms. The number of amides is 2. The number of aryl methyl sites for hydroxylation is 2. The molecular weight excluding hydrogens is 664 g/mol. The average molecular weight is 709 g/mol. The number of aliphatic hydroxyl groups excluding tert-OH is 3. The number of hydrogen-bond acceptors (Lipinski definition) is 11. The van der Waals surface area contributed by atoms with Gasteiger partial charge >= 0.3 is 17.6 Å². The first-order valence-corrected chi connectivity index (χ1v) is 16.5. The SMILES string of the molecule is Cc1cc(C)c(C(C)(C)CC(=O)Nc2ccn(C3O[C@H](CO)[C@@H](O)[C@@H]3O)c(=O)n2)c(OC(=O)CCCC(=O)NC(Cc2ccccc2)C(=O)O)c1. The number of benzene rings is 2. The Balaban J connectivity index is 1.36. The summed E-state index contributed by atoms with van der Waals surface area (Å²) in [6.45, 7) is 6.70. The lowest BCUT2D eigenvalue weighted by atomic mass is 9.78. The van der Waals surface area contributed by atoms with Crippen molar-refractivity contribution in [3.8, 4) is 5.75 Å². The Morgan fingerprint density at radius 1 is 1.02 bits per heavy atom. The molecule has 0 saturated carbocycles. The first-order chi connectivity index (χ1) is 24.1. The van der Waals surface area contributed by atoms with Gasteiger partial charge in [-0.05, 0) is 49.1 Å². The fourth-order valence-electron chi connectivity index (χ4n) is 6.22. The van der Waals surface area contributed by atoms with Crippen LogP contribution < -0.4 is 21.1 Å². The molecule has 15 nitrogen and oxygen atoms in total. The van der Waals surface area contributed by atoms with Crippen molar-refractivity contribution in [2.24, 2.45) is 0 Å². The van der Waals surface area contributed by atoms with Gasteiger partial charge in [-0.25, -0.2) is 9.59 Å². The summed E-state index contributed by atoms with van der Waals surface area (Å²) in [5.74, 6) is -2.57. The van der Waals surface area contributed by atoms with Crippen molar-refractivity contribution in [2.75, 3.05) is 11.9 Å². The predicted molar refractivity (Wildman–Crippen MR) is 183 cm³/mol. The van der Waals surface area contributed by atoms with Crippen LogP contribution in [-0.4, -0.2) is 84.7 Å². The highest BCUT2D eigenvalue weighted by Gasteiger charge is 2.43. The number of ether oxygens (including phenoxy) is 2. The summed E-state index contributed by atoms with van der Waals surface area (Å²) in [5, 5.41) is 44.2. The fraction of sp³-hybridized carbons (Fsp3) is 0.444. The molecule has 0 radical (unpaired) electrons. The lowest BCUT2D eigenvalue weighted by Gasteiger charge is -2.29. The summed E-state index contributed by atoms with van der Waals surface area (Å²) in [5.41, 5.74) is 1.21. The van der Waals surface area contributed by atoms with Crippen molar-refractivity contribution >= 4 is 29.6 Å². The number of nitrogens with zero attached hydrogens (tertiary/aromatic N) is 2. The lowest BCUT2D eigenvalue weighted by molar-refractivity contribution is -0.142. The van der Waals surface area contributed by atoms with Gasteiger partial charge in [0.15, 0.2) is 6.23 Å². The molecule has 1 aliphatic heterocycles. The number of rotatable bonds is 15.